The summed E-state index contributed by atoms with van der Waals surface area (Å²) >= 11 is 0. The Hall–Kier alpha value is -1.97. The van der Waals surface area contributed by atoms with E-state index < -0.39 is 5.97 Å². The molecule has 0 atom stereocenters. The molecule has 2 aromatic rings. The summed E-state index contributed by atoms with van der Waals surface area (Å²) < 4.78 is 6.87. The van der Waals surface area contributed by atoms with E-state index in [1.807, 2.05) is 24.3 Å². The highest BCUT2D eigenvalue weighted by Gasteiger charge is 2.07. The Labute approximate surface area is 86.7 Å². The molecule has 2 rings (SSSR count). The van der Waals surface area contributed by atoms with Crippen LogP contribution in [0.2, 0.25) is 0 Å². The average Bonchev–Trinajstić information content (AvgIpc) is 2.61. The van der Waals surface area contributed by atoms with Crippen molar-refractivity contribution in [2.45, 2.75) is 6.54 Å². The summed E-state index contributed by atoms with van der Waals surface area (Å²) in [5.41, 5.74) is 0.872. The van der Waals surface area contributed by atoms with Gasteiger partial charge in [-0.25, -0.2) is 0 Å². The third-order valence-corrected chi connectivity index (χ3v) is 2.30. The minimum atomic E-state index is -0.852. The number of hydrogen-bond acceptors (Lipinski definition) is 2. The number of carboxylic acid groups (broad SMARTS) is 1. The Balaban J connectivity index is 2.55. The molecule has 1 heterocycles. The zero-order chi connectivity index (χ0) is 10.8. The van der Waals surface area contributed by atoms with Gasteiger partial charge in [0.05, 0.1) is 12.6 Å². The molecule has 0 aliphatic heterocycles. The maximum absolute atomic E-state index is 10.6. The van der Waals surface area contributed by atoms with Crippen LogP contribution in [0.25, 0.3) is 10.9 Å². The van der Waals surface area contributed by atoms with Gasteiger partial charge in [-0.1, -0.05) is 6.07 Å². The molecule has 15 heavy (non-hydrogen) atoms. The van der Waals surface area contributed by atoms with Crippen molar-refractivity contribution in [2.75, 3.05) is 7.11 Å². The van der Waals surface area contributed by atoms with Crippen LogP contribution in [0, 0.1) is 0 Å². The number of benzene rings is 1. The number of hydrogen-bond donors (Lipinski definition) is 1. The van der Waals surface area contributed by atoms with Crippen LogP contribution in [0.4, 0.5) is 0 Å². The van der Waals surface area contributed by atoms with Gasteiger partial charge in [0.1, 0.15) is 12.3 Å². The van der Waals surface area contributed by atoms with E-state index in [2.05, 4.69) is 0 Å². The van der Waals surface area contributed by atoms with E-state index in [0.717, 1.165) is 16.7 Å². The van der Waals surface area contributed by atoms with Gasteiger partial charge in [-0.2, -0.15) is 0 Å². The first-order valence-electron chi connectivity index (χ1n) is 4.56. The van der Waals surface area contributed by atoms with Crippen molar-refractivity contribution in [1.82, 2.24) is 4.57 Å². The van der Waals surface area contributed by atoms with Gasteiger partial charge in [-0.05, 0) is 18.2 Å². The highest BCUT2D eigenvalue weighted by molar-refractivity contribution is 5.87. The van der Waals surface area contributed by atoms with Gasteiger partial charge in [-0.15, -0.1) is 0 Å². The van der Waals surface area contributed by atoms with Crippen LogP contribution in [-0.2, 0) is 11.3 Å². The van der Waals surface area contributed by atoms with E-state index in [1.165, 1.54) is 0 Å². The van der Waals surface area contributed by atoms with Crippen molar-refractivity contribution < 1.29 is 14.6 Å². The van der Waals surface area contributed by atoms with E-state index in [-0.39, 0.29) is 6.54 Å². The van der Waals surface area contributed by atoms with E-state index in [0.29, 0.717) is 0 Å². The zero-order valence-electron chi connectivity index (χ0n) is 8.30. The number of aromatic nitrogens is 1. The molecular weight excluding hydrogens is 194 g/mol. The first-order valence-corrected chi connectivity index (χ1v) is 4.56. The highest BCUT2D eigenvalue weighted by Crippen LogP contribution is 2.25. The van der Waals surface area contributed by atoms with E-state index in [9.17, 15) is 4.79 Å². The lowest BCUT2D eigenvalue weighted by molar-refractivity contribution is -0.137. The molecule has 0 saturated heterocycles. The standard InChI is InChI=1S/C11H11NO3/c1-15-10-4-2-3-9-8(10)5-6-12(9)7-11(13)14/h2-6H,7H2,1H3,(H,13,14). The third kappa shape index (κ3) is 1.66. The summed E-state index contributed by atoms with van der Waals surface area (Å²) in [6, 6.07) is 7.44. The van der Waals surface area contributed by atoms with Crippen molar-refractivity contribution >= 4 is 16.9 Å². The number of aliphatic carboxylic acids is 1. The second-order valence-electron chi connectivity index (χ2n) is 3.23. The number of carbonyl (C=O) groups is 1. The maximum Gasteiger partial charge on any atom is 0.323 e. The summed E-state index contributed by atoms with van der Waals surface area (Å²) in [4.78, 5) is 10.6. The predicted molar refractivity (Wildman–Crippen MR) is 56.1 cm³/mol. The summed E-state index contributed by atoms with van der Waals surface area (Å²) in [5, 5.41) is 9.65. The van der Waals surface area contributed by atoms with Crippen LogP contribution in [0.5, 0.6) is 5.75 Å². The number of methoxy groups -OCH3 is 1. The second-order valence-corrected chi connectivity index (χ2v) is 3.23. The minimum absolute atomic E-state index is 0.0311. The van der Waals surface area contributed by atoms with Crippen molar-refractivity contribution in [3.63, 3.8) is 0 Å². The third-order valence-electron chi connectivity index (χ3n) is 2.30. The SMILES string of the molecule is COc1cccc2c1ccn2CC(=O)O. The van der Waals surface area contributed by atoms with Crippen molar-refractivity contribution in [3.05, 3.63) is 30.5 Å². The minimum Gasteiger partial charge on any atom is -0.496 e. The number of nitrogens with zero attached hydrogens (tertiary/aromatic N) is 1. The largest absolute Gasteiger partial charge is 0.496 e. The molecule has 0 spiro atoms. The molecule has 1 aromatic carbocycles. The number of ether oxygens (including phenoxy) is 1. The molecule has 0 aliphatic carbocycles. The lowest BCUT2D eigenvalue weighted by atomic mass is 10.2. The molecule has 0 radical (unpaired) electrons. The zero-order valence-corrected chi connectivity index (χ0v) is 8.30. The molecule has 0 saturated carbocycles. The Morgan fingerprint density at radius 2 is 2.27 bits per heavy atom. The first-order chi connectivity index (χ1) is 7.22. The monoisotopic (exact) mass is 205 g/mol. The average molecular weight is 205 g/mol. The predicted octanol–water partition coefficient (Wildman–Crippen LogP) is 1.73. The van der Waals surface area contributed by atoms with Crippen LogP contribution < -0.4 is 4.74 Å². The molecule has 0 unspecified atom stereocenters. The van der Waals surface area contributed by atoms with Crippen LogP contribution in [-0.4, -0.2) is 22.8 Å². The Morgan fingerprint density at radius 3 is 2.93 bits per heavy atom. The van der Waals surface area contributed by atoms with Gasteiger partial charge in [0.15, 0.2) is 0 Å². The van der Waals surface area contributed by atoms with Gasteiger partial charge >= 0.3 is 5.97 Å². The van der Waals surface area contributed by atoms with Gasteiger partial charge in [0.2, 0.25) is 0 Å². The van der Waals surface area contributed by atoms with Gasteiger partial charge in [0.25, 0.3) is 0 Å². The molecule has 4 nitrogen and oxygen atoms in total. The number of fused-ring (bicyclic) bond motifs is 1. The molecule has 78 valence electrons. The summed E-state index contributed by atoms with van der Waals surface area (Å²) in [6.45, 7) is -0.0311. The van der Waals surface area contributed by atoms with Crippen LogP contribution in [0.3, 0.4) is 0 Å². The smallest absolute Gasteiger partial charge is 0.323 e. The number of rotatable bonds is 3. The molecule has 4 heteroatoms. The lowest BCUT2D eigenvalue weighted by Gasteiger charge is -2.03. The Bertz CT molecular complexity index is 502. The van der Waals surface area contributed by atoms with Crippen LogP contribution in [0.15, 0.2) is 30.5 Å². The van der Waals surface area contributed by atoms with Gasteiger partial charge < -0.3 is 14.4 Å². The van der Waals surface area contributed by atoms with Crippen LogP contribution >= 0.6 is 0 Å². The molecule has 0 bridgehead atoms. The summed E-state index contributed by atoms with van der Waals surface area (Å²) in [5.74, 6) is -0.0908. The normalized spacial score (nSPS) is 10.5. The molecule has 0 aliphatic rings. The van der Waals surface area contributed by atoms with Gasteiger partial charge in [-0.3, -0.25) is 4.79 Å². The second kappa shape index (κ2) is 3.65. The highest BCUT2D eigenvalue weighted by atomic mass is 16.5. The number of carboxylic acids is 1. The van der Waals surface area contributed by atoms with Crippen molar-refractivity contribution in [1.29, 1.82) is 0 Å². The van der Waals surface area contributed by atoms with E-state index in [1.54, 1.807) is 17.9 Å². The first kappa shape index (κ1) is 9.58. The topological polar surface area (TPSA) is 51.5 Å². The lowest BCUT2D eigenvalue weighted by Crippen LogP contribution is -2.07. The molecular formula is C11H11NO3. The molecule has 0 fully saturated rings. The Morgan fingerprint density at radius 1 is 1.47 bits per heavy atom. The van der Waals surface area contributed by atoms with E-state index >= 15 is 0 Å². The van der Waals surface area contributed by atoms with E-state index in [4.69, 9.17) is 9.84 Å². The summed E-state index contributed by atoms with van der Waals surface area (Å²) in [7, 11) is 1.60. The fourth-order valence-corrected chi connectivity index (χ4v) is 1.66. The maximum atomic E-state index is 10.6. The quantitative estimate of drug-likeness (QED) is 0.830. The molecule has 0 amide bonds. The molecule has 1 aromatic heterocycles. The Kier molecular flexibility index (Phi) is 2.33. The fourth-order valence-electron chi connectivity index (χ4n) is 1.66. The summed E-state index contributed by atoms with van der Waals surface area (Å²) in [6.07, 6.45) is 1.75. The van der Waals surface area contributed by atoms with Crippen molar-refractivity contribution in [2.24, 2.45) is 0 Å². The van der Waals surface area contributed by atoms with Gasteiger partial charge in [0, 0.05) is 11.6 Å². The van der Waals surface area contributed by atoms with Crippen molar-refractivity contribution in [3.8, 4) is 5.75 Å². The molecule has 1 N–H and O–H groups in total. The fraction of sp³-hybridized carbons (Fsp3) is 0.182. The van der Waals surface area contributed by atoms with Crippen LogP contribution in [0.1, 0.15) is 0 Å².